The normalized spacial score (nSPS) is 11.0. The van der Waals surface area contributed by atoms with E-state index in [2.05, 4.69) is 4.98 Å². The number of H-pyrrole nitrogens is 1. The maximum absolute atomic E-state index is 12.9. The number of para-hydroxylation sites is 2. The molecule has 0 unspecified atom stereocenters. The van der Waals surface area contributed by atoms with Gasteiger partial charge in [0.05, 0.1) is 18.4 Å². The van der Waals surface area contributed by atoms with Gasteiger partial charge in [0.15, 0.2) is 0 Å². The quantitative estimate of drug-likeness (QED) is 0.577. The minimum atomic E-state index is -0.478. The van der Waals surface area contributed by atoms with Crippen molar-refractivity contribution in [3.05, 3.63) is 76.7 Å². The largest absolute Gasteiger partial charge is 0.465 e. The Morgan fingerprint density at radius 3 is 2.58 bits per heavy atom. The molecule has 4 rings (SSSR count). The summed E-state index contributed by atoms with van der Waals surface area (Å²) in [5.41, 5.74) is 2.05. The fourth-order valence-electron chi connectivity index (χ4n) is 3.00. The highest BCUT2D eigenvalue weighted by Crippen LogP contribution is 2.23. The predicted molar refractivity (Wildman–Crippen MR) is 92.7 cm³/mol. The average molecular weight is 318 g/mol. The number of carbonyl (C=O) groups is 1. The number of aromatic nitrogens is 2. The standard InChI is InChI=1S/C19H14N2O3/c1-24-19(23)14-7-3-5-9-16(14)21-11-10-13-12-6-2-4-8-15(12)20-17(13)18(21)22/h2-11,20H,1H3. The molecular formula is C19H14N2O3. The third-order valence-corrected chi connectivity index (χ3v) is 4.14. The van der Waals surface area contributed by atoms with Gasteiger partial charge in [0, 0.05) is 22.5 Å². The second kappa shape index (κ2) is 5.38. The molecule has 0 spiro atoms. The number of esters is 1. The highest BCUT2D eigenvalue weighted by molar-refractivity contribution is 6.06. The molecule has 0 atom stereocenters. The Hall–Kier alpha value is -3.34. The third-order valence-electron chi connectivity index (χ3n) is 4.14. The Morgan fingerprint density at radius 2 is 1.75 bits per heavy atom. The molecule has 0 bridgehead atoms. The summed E-state index contributed by atoms with van der Waals surface area (Å²) in [6.07, 6.45) is 1.69. The van der Waals surface area contributed by atoms with E-state index in [1.807, 2.05) is 30.3 Å². The number of rotatable bonds is 2. The number of pyridine rings is 1. The summed E-state index contributed by atoms with van der Waals surface area (Å²) < 4.78 is 6.27. The first kappa shape index (κ1) is 14.3. The summed E-state index contributed by atoms with van der Waals surface area (Å²) in [6.45, 7) is 0. The smallest absolute Gasteiger partial charge is 0.339 e. The summed E-state index contributed by atoms with van der Waals surface area (Å²) >= 11 is 0. The summed E-state index contributed by atoms with van der Waals surface area (Å²) in [5.74, 6) is -0.478. The molecule has 2 aromatic carbocycles. The zero-order valence-electron chi connectivity index (χ0n) is 12.9. The molecule has 0 fully saturated rings. The van der Waals surface area contributed by atoms with Crippen molar-refractivity contribution in [1.29, 1.82) is 0 Å². The van der Waals surface area contributed by atoms with Gasteiger partial charge in [-0.2, -0.15) is 0 Å². The van der Waals surface area contributed by atoms with Crippen LogP contribution in [0, 0.1) is 0 Å². The molecule has 5 nitrogen and oxygen atoms in total. The van der Waals surface area contributed by atoms with E-state index in [1.165, 1.54) is 11.7 Å². The van der Waals surface area contributed by atoms with Gasteiger partial charge in [0.25, 0.3) is 5.56 Å². The topological polar surface area (TPSA) is 64.1 Å². The zero-order valence-corrected chi connectivity index (χ0v) is 12.9. The monoisotopic (exact) mass is 318 g/mol. The van der Waals surface area contributed by atoms with E-state index in [4.69, 9.17) is 4.74 Å². The molecule has 2 heterocycles. The van der Waals surface area contributed by atoms with E-state index >= 15 is 0 Å². The number of ether oxygens (including phenoxy) is 1. The second-order valence-electron chi connectivity index (χ2n) is 5.46. The van der Waals surface area contributed by atoms with Crippen LogP contribution in [0.3, 0.4) is 0 Å². The van der Waals surface area contributed by atoms with Crippen LogP contribution < -0.4 is 5.56 Å². The molecule has 0 saturated heterocycles. The number of benzene rings is 2. The fraction of sp³-hybridized carbons (Fsp3) is 0.0526. The maximum atomic E-state index is 12.9. The molecule has 0 aliphatic carbocycles. The molecule has 0 radical (unpaired) electrons. The lowest BCUT2D eigenvalue weighted by Crippen LogP contribution is -2.20. The van der Waals surface area contributed by atoms with Crippen LogP contribution in [0.1, 0.15) is 10.4 Å². The summed E-state index contributed by atoms with van der Waals surface area (Å²) in [4.78, 5) is 28.1. The van der Waals surface area contributed by atoms with Crippen LogP contribution in [-0.4, -0.2) is 22.6 Å². The number of hydrogen-bond acceptors (Lipinski definition) is 3. The zero-order chi connectivity index (χ0) is 16.7. The van der Waals surface area contributed by atoms with Crippen molar-refractivity contribution >= 4 is 27.8 Å². The van der Waals surface area contributed by atoms with Crippen LogP contribution >= 0.6 is 0 Å². The molecule has 2 aromatic heterocycles. The summed E-state index contributed by atoms with van der Waals surface area (Å²) in [6, 6.07) is 16.5. The van der Waals surface area contributed by atoms with E-state index in [0.29, 0.717) is 16.8 Å². The lowest BCUT2D eigenvalue weighted by Gasteiger charge is -2.10. The Kier molecular flexibility index (Phi) is 3.20. The highest BCUT2D eigenvalue weighted by atomic mass is 16.5. The SMILES string of the molecule is COC(=O)c1ccccc1-n1ccc2c([nH]c3ccccc32)c1=O. The van der Waals surface area contributed by atoms with Crippen LogP contribution in [0.2, 0.25) is 0 Å². The third kappa shape index (κ3) is 2.02. The van der Waals surface area contributed by atoms with Gasteiger partial charge in [-0.25, -0.2) is 4.79 Å². The first-order valence-corrected chi connectivity index (χ1v) is 7.50. The second-order valence-corrected chi connectivity index (χ2v) is 5.46. The van der Waals surface area contributed by atoms with Gasteiger partial charge >= 0.3 is 5.97 Å². The molecule has 0 aliphatic rings. The van der Waals surface area contributed by atoms with Crippen molar-refractivity contribution in [2.45, 2.75) is 0 Å². The van der Waals surface area contributed by atoms with Crippen molar-refractivity contribution < 1.29 is 9.53 Å². The molecule has 1 N–H and O–H groups in total. The molecule has 118 valence electrons. The van der Waals surface area contributed by atoms with Crippen molar-refractivity contribution in [2.24, 2.45) is 0 Å². The highest BCUT2D eigenvalue weighted by Gasteiger charge is 2.15. The number of nitrogens with zero attached hydrogens (tertiary/aromatic N) is 1. The molecular weight excluding hydrogens is 304 g/mol. The fourth-order valence-corrected chi connectivity index (χ4v) is 3.00. The Labute approximate surface area is 137 Å². The van der Waals surface area contributed by atoms with Crippen LogP contribution in [0.25, 0.3) is 27.5 Å². The molecule has 4 aromatic rings. The van der Waals surface area contributed by atoms with Gasteiger partial charge in [-0.3, -0.25) is 9.36 Å². The lowest BCUT2D eigenvalue weighted by atomic mass is 10.1. The lowest BCUT2D eigenvalue weighted by molar-refractivity contribution is 0.0600. The molecule has 0 amide bonds. The number of hydrogen-bond donors (Lipinski definition) is 1. The van der Waals surface area contributed by atoms with E-state index < -0.39 is 5.97 Å². The van der Waals surface area contributed by atoms with Crippen LogP contribution in [0.5, 0.6) is 0 Å². The van der Waals surface area contributed by atoms with Crippen LogP contribution in [0.4, 0.5) is 0 Å². The number of nitrogens with one attached hydrogen (secondary N) is 1. The molecule has 24 heavy (non-hydrogen) atoms. The summed E-state index contributed by atoms with van der Waals surface area (Å²) in [7, 11) is 1.32. The van der Waals surface area contributed by atoms with Crippen LogP contribution in [0.15, 0.2) is 65.6 Å². The van der Waals surface area contributed by atoms with E-state index in [1.54, 1.807) is 30.5 Å². The van der Waals surface area contributed by atoms with Gasteiger partial charge in [0.2, 0.25) is 0 Å². The van der Waals surface area contributed by atoms with E-state index in [0.717, 1.165) is 16.3 Å². The van der Waals surface area contributed by atoms with E-state index in [9.17, 15) is 9.59 Å². The molecule has 5 heteroatoms. The number of methoxy groups -OCH3 is 1. The number of carbonyl (C=O) groups excluding carboxylic acids is 1. The first-order valence-electron chi connectivity index (χ1n) is 7.50. The van der Waals surface area contributed by atoms with Crippen molar-refractivity contribution in [2.75, 3.05) is 7.11 Å². The Balaban J connectivity index is 2.03. The predicted octanol–water partition coefficient (Wildman–Crippen LogP) is 3.26. The van der Waals surface area contributed by atoms with Gasteiger partial charge < -0.3 is 9.72 Å². The molecule has 0 aliphatic heterocycles. The Morgan fingerprint density at radius 1 is 1.00 bits per heavy atom. The summed E-state index contributed by atoms with van der Waals surface area (Å²) in [5, 5.41) is 1.86. The average Bonchev–Trinajstić information content (AvgIpc) is 3.01. The van der Waals surface area contributed by atoms with Gasteiger partial charge in [0.1, 0.15) is 5.52 Å². The minimum Gasteiger partial charge on any atom is -0.465 e. The van der Waals surface area contributed by atoms with Gasteiger partial charge in [-0.05, 0) is 24.3 Å². The maximum Gasteiger partial charge on any atom is 0.339 e. The van der Waals surface area contributed by atoms with Gasteiger partial charge in [-0.15, -0.1) is 0 Å². The van der Waals surface area contributed by atoms with Crippen molar-refractivity contribution in [3.63, 3.8) is 0 Å². The van der Waals surface area contributed by atoms with Gasteiger partial charge in [-0.1, -0.05) is 30.3 Å². The van der Waals surface area contributed by atoms with Crippen molar-refractivity contribution in [1.82, 2.24) is 9.55 Å². The minimum absolute atomic E-state index is 0.208. The first-order chi connectivity index (χ1) is 11.7. The molecule has 0 saturated carbocycles. The van der Waals surface area contributed by atoms with Crippen LogP contribution in [-0.2, 0) is 4.74 Å². The van der Waals surface area contributed by atoms with E-state index in [-0.39, 0.29) is 5.56 Å². The number of aromatic amines is 1. The Bertz CT molecular complexity index is 1140. The van der Waals surface area contributed by atoms with Crippen molar-refractivity contribution in [3.8, 4) is 5.69 Å². The number of fused-ring (bicyclic) bond motifs is 3.